The molecule has 2 atom stereocenters. The SMILES string of the molecule is COC(=O)CN1CC(CO)OCC1C. The average Bonchev–Trinajstić information content (AvgIpc) is 2.21. The van der Waals surface area contributed by atoms with Gasteiger partial charge in [0.2, 0.25) is 0 Å². The van der Waals surface area contributed by atoms with Crippen molar-refractivity contribution in [1.82, 2.24) is 4.90 Å². The maximum absolute atomic E-state index is 11.1. The Hall–Kier alpha value is -0.650. The smallest absolute Gasteiger partial charge is 0.319 e. The van der Waals surface area contributed by atoms with Crippen molar-refractivity contribution in [2.45, 2.75) is 19.1 Å². The van der Waals surface area contributed by atoms with Gasteiger partial charge in [-0.05, 0) is 6.92 Å². The Kier molecular flexibility index (Phi) is 4.31. The van der Waals surface area contributed by atoms with Crippen LogP contribution in [-0.2, 0) is 14.3 Å². The molecule has 1 heterocycles. The van der Waals surface area contributed by atoms with Gasteiger partial charge in [0.15, 0.2) is 0 Å². The predicted octanol–water partition coefficient (Wildman–Crippen LogP) is -0.759. The molecule has 2 unspecified atom stereocenters. The lowest BCUT2D eigenvalue weighted by atomic mass is 10.2. The molecule has 1 fully saturated rings. The van der Waals surface area contributed by atoms with Crippen molar-refractivity contribution in [2.24, 2.45) is 0 Å². The molecule has 1 saturated heterocycles. The highest BCUT2D eigenvalue weighted by Gasteiger charge is 2.27. The molecule has 0 aromatic rings. The first kappa shape index (κ1) is 11.4. The molecule has 0 aliphatic carbocycles. The van der Waals surface area contributed by atoms with Crippen LogP contribution >= 0.6 is 0 Å². The van der Waals surface area contributed by atoms with Crippen LogP contribution in [0.3, 0.4) is 0 Å². The summed E-state index contributed by atoms with van der Waals surface area (Å²) >= 11 is 0. The number of morpholine rings is 1. The summed E-state index contributed by atoms with van der Waals surface area (Å²) in [5.74, 6) is -0.254. The average molecular weight is 203 g/mol. The fourth-order valence-corrected chi connectivity index (χ4v) is 1.44. The highest BCUT2D eigenvalue weighted by Crippen LogP contribution is 2.10. The minimum Gasteiger partial charge on any atom is -0.468 e. The molecule has 0 aromatic carbocycles. The third-order valence-corrected chi connectivity index (χ3v) is 2.40. The van der Waals surface area contributed by atoms with Gasteiger partial charge in [-0.25, -0.2) is 0 Å². The van der Waals surface area contributed by atoms with E-state index in [1.165, 1.54) is 7.11 Å². The number of nitrogens with zero attached hydrogens (tertiary/aromatic N) is 1. The quantitative estimate of drug-likeness (QED) is 0.611. The molecular formula is C9H17NO4. The fraction of sp³-hybridized carbons (Fsp3) is 0.889. The number of hydrogen-bond acceptors (Lipinski definition) is 5. The topological polar surface area (TPSA) is 59.0 Å². The van der Waals surface area contributed by atoms with Crippen LogP contribution in [0.25, 0.3) is 0 Å². The van der Waals surface area contributed by atoms with Gasteiger partial charge in [-0.2, -0.15) is 0 Å². The summed E-state index contributed by atoms with van der Waals surface area (Å²) in [6.07, 6.45) is -0.184. The summed E-state index contributed by atoms with van der Waals surface area (Å²) in [5.41, 5.74) is 0. The second kappa shape index (κ2) is 5.29. The molecule has 0 amide bonds. The molecule has 82 valence electrons. The van der Waals surface area contributed by atoms with Gasteiger partial charge in [-0.1, -0.05) is 0 Å². The Morgan fingerprint density at radius 3 is 3.00 bits per heavy atom. The van der Waals surface area contributed by atoms with E-state index >= 15 is 0 Å². The lowest BCUT2D eigenvalue weighted by molar-refractivity contribution is -0.146. The molecular weight excluding hydrogens is 186 g/mol. The summed E-state index contributed by atoms with van der Waals surface area (Å²) in [6, 6.07) is 0.192. The van der Waals surface area contributed by atoms with Gasteiger partial charge in [0.05, 0.1) is 33.0 Å². The Morgan fingerprint density at radius 1 is 1.71 bits per heavy atom. The Balaban J connectivity index is 2.44. The Morgan fingerprint density at radius 2 is 2.43 bits per heavy atom. The molecule has 14 heavy (non-hydrogen) atoms. The van der Waals surface area contributed by atoms with Gasteiger partial charge in [0.1, 0.15) is 0 Å². The van der Waals surface area contributed by atoms with Crippen LogP contribution in [0.4, 0.5) is 0 Å². The van der Waals surface area contributed by atoms with E-state index in [0.29, 0.717) is 13.2 Å². The first-order valence-electron chi connectivity index (χ1n) is 4.70. The molecule has 1 N–H and O–H groups in total. The maximum atomic E-state index is 11.1. The van der Waals surface area contributed by atoms with Gasteiger partial charge in [-0.15, -0.1) is 0 Å². The van der Waals surface area contributed by atoms with Gasteiger partial charge >= 0.3 is 5.97 Å². The van der Waals surface area contributed by atoms with Gasteiger partial charge in [-0.3, -0.25) is 9.69 Å². The van der Waals surface area contributed by atoms with E-state index in [9.17, 15) is 4.79 Å². The van der Waals surface area contributed by atoms with Crippen LogP contribution in [0, 0.1) is 0 Å². The molecule has 0 spiro atoms. The van der Waals surface area contributed by atoms with Crippen LogP contribution in [0.2, 0.25) is 0 Å². The number of aliphatic hydroxyl groups is 1. The van der Waals surface area contributed by atoms with E-state index in [0.717, 1.165) is 0 Å². The van der Waals surface area contributed by atoms with Crippen LogP contribution in [0.1, 0.15) is 6.92 Å². The van der Waals surface area contributed by atoms with E-state index in [2.05, 4.69) is 4.74 Å². The van der Waals surface area contributed by atoms with Gasteiger partial charge in [0.25, 0.3) is 0 Å². The van der Waals surface area contributed by atoms with E-state index in [-0.39, 0.29) is 31.3 Å². The number of aliphatic hydroxyl groups excluding tert-OH is 1. The molecule has 5 heteroatoms. The highest BCUT2D eigenvalue weighted by molar-refractivity contribution is 5.71. The van der Waals surface area contributed by atoms with Gasteiger partial charge < -0.3 is 14.6 Å². The third-order valence-electron chi connectivity index (χ3n) is 2.40. The number of ether oxygens (including phenoxy) is 2. The minimum atomic E-state index is -0.254. The lowest BCUT2D eigenvalue weighted by Gasteiger charge is -2.36. The van der Waals surface area contributed by atoms with E-state index in [1.54, 1.807) is 0 Å². The highest BCUT2D eigenvalue weighted by atomic mass is 16.5. The third kappa shape index (κ3) is 2.94. The van der Waals surface area contributed by atoms with E-state index < -0.39 is 0 Å². The first-order chi connectivity index (χ1) is 6.67. The molecule has 1 aliphatic heterocycles. The zero-order valence-electron chi connectivity index (χ0n) is 8.60. The molecule has 1 rings (SSSR count). The van der Waals surface area contributed by atoms with Crippen LogP contribution in [0.5, 0.6) is 0 Å². The van der Waals surface area contributed by atoms with Crippen molar-refractivity contribution >= 4 is 5.97 Å². The lowest BCUT2D eigenvalue weighted by Crippen LogP contribution is -2.51. The summed E-state index contributed by atoms with van der Waals surface area (Å²) in [7, 11) is 1.37. The number of carbonyl (C=O) groups is 1. The molecule has 5 nitrogen and oxygen atoms in total. The summed E-state index contributed by atoms with van der Waals surface area (Å²) in [6.45, 7) is 3.35. The number of rotatable bonds is 3. The second-order valence-corrected chi connectivity index (χ2v) is 3.49. The molecule has 1 aliphatic rings. The largest absolute Gasteiger partial charge is 0.468 e. The van der Waals surface area contributed by atoms with Crippen molar-refractivity contribution in [2.75, 3.05) is 33.4 Å². The van der Waals surface area contributed by atoms with E-state index in [4.69, 9.17) is 9.84 Å². The predicted molar refractivity (Wildman–Crippen MR) is 49.9 cm³/mol. The summed E-state index contributed by atoms with van der Waals surface area (Å²) in [5, 5.41) is 8.92. The van der Waals surface area contributed by atoms with Gasteiger partial charge in [0, 0.05) is 12.6 Å². The van der Waals surface area contributed by atoms with Crippen LogP contribution < -0.4 is 0 Å². The van der Waals surface area contributed by atoms with E-state index in [1.807, 2.05) is 11.8 Å². The van der Waals surface area contributed by atoms with Crippen LogP contribution in [0.15, 0.2) is 0 Å². The molecule has 0 bridgehead atoms. The first-order valence-corrected chi connectivity index (χ1v) is 4.70. The maximum Gasteiger partial charge on any atom is 0.319 e. The standard InChI is InChI=1S/C9H17NO4/c1-7-6-14-8(5-11)3-10(7)4-9(12)13-2/h7-8,11H,3-6H2,1-2H3. The minimum absolute atomic E-state index is 0.00953. The monoisotopic (exact) mass is 203 g/mol. The van der Waals surface area contributed by atoms with Crippen molar-refractivity contribution in [1.29, 1.82) is 0 Å². The van der Waals surface area contributed by atoms with Crippen molar-refractivity contribution in [3.63, 3.8) is 0 Å². The number of carbonyl (C=O) groups excluding carboxylic acids is 1. The van der Waals surface area contributed by atoms with Crippen molar-refractivity contribution in [3.8, 4) is 0 Å². The number of esters is 1. The Labute approximate surface area is 83.6 Å². The second-order valence-electron chi connectivity index (χ2n) is 3.49. The fourth-order valence-electron chi connectivity index (χ4n) is 1.44. The summed E-state index contributed by atoms with van der Waals surface area (Å²) < 4.78 is 9.93. The zero-order chi connectivity index (χ0) is 10.6. The molecule has 0 aromatic heterocycles. The normalized spacial score (nSPS) is 28.8. The molecule has 0 saturated carbocycles. The Bertz CT molecular complexity index is 197. The zero-order valence-corrected chi connectivity index (χ0v) is 8.60. The van der Waals surface area contributed by atoms with Crippen LogP contribution in [-0.4, -0.2) is 61.5 Å². The number of methoxy groups -OCH3 is 1. The van der Waals surface area contributed by atoms with Crippen molar-refractivity contribution in [3.05, 3.63) is 0 Å². The number of hydrogen-bond donors (Lipinski definition) is 1. The summed E-state index contributed by atoms with van der Waals surface area (Å²) in [4.78, 5) is 13.0. The van der Waals surface area contributed by atoms with Crippen molar-refractivity contribution < 1.29 is 19.4 Å². The molecule has 0 radical (unpaired) electrons.